The monoisotopic (exact) mass is 333 g/mol. The van der Waals surface area contributed by atoms with Crippen molar-refractivity contribution in [3.05, 3.63) is 35.7 Å². The van der Waals surface area contributed by atoms with Gasteiger partial charge in [-0.3, -0.25) is 9.48 Å². The Balaban J connectivity index is 2.29. The molecule has 1 aromatic carbocycles. The number of methoxy groups -OCH3 is 3. The highest BCUT2D eigenvalue weighted by Gasteiger charge is 2.22. The second-order valence-corrected chi connectivity index (χ2v) is 5.15. The molecule has 7 heteroatoms. The third-order valence-corrected chi connectivity index (χ3v) is 3.79. The average molecular weight is 333 g/mol. The van der Waals surface area contributed by atoms with Gasteiger partial charge in [0.15, 0.2) is 11.5 Å². The number of aryl methyl sites for hydroxylation is 1. The molecule has 0 aliphatic carbocycles. The number of carbonyl (C=O) groups excluding carboxylic acids is 1. The lowest BCUT2D eigenvalue weighted by molar-refractivity contribution is 0.0934. The van der Waals surface area contributed by atoms with Gasteiger partial charge >= 0.3 is 0 Å². The van der Waals surface area contributed by atoms with Crippen molar-refractivity contribution in [3.8, 4) is 17.2 Å². The molecule has 1 heterocycles. The molecular weight excluding hydrogens is 310 g/mol. The molecule has 0 bridgehead atoms. The van der Waals surface area contributed by atoms with Crippen LogP contribution in [0.1, 0.15) is 35.9 Å². The molecule has 2 aromatic rings. The SMILES string of the molecule is CCn1nccc1C(C)NC(=O)c1ccc(OC)c(OC)c1OC. The molecule has 1 aromatic heterocycles. The van der Waals surface area contributed by atoms with E-state index in [0.717, 1.165) is 12.2 Å². The van der Waals surface area contributed by atoms with Crippen molar-refractivity contribution in [2.24, 2.45) is 0 Å². The van der Waals surface area contributed by atoms with Gasteiger partial charge in [0.05, 0.1) is 38.6 Å². The molecule has 0 saturated carbocycles. The van der Waals surface area contributed by atoms with Gasteiger partial charge in [-0.1, -0.05) is 0 Å². The van der Waals surface area contributed by atoms with Crippen LogP contribution in [0.3, 0.4) is 0 Å². The smallest absolute Gasteiger partial charge is 0.255 e. The Hall–Kier alpha value is -2.70. The van der Waals surface area contributed by atoms with E-state index in [1.54, 1.807) is 18.3 Å². The van der Waals surface area contributed by atoms with E-state index >= 15 is 0 Å². The lowest BCUT2D eigenvalue weighted by Crippen LogP contribution is -2.28. The molecule has 24 heavy (non-hydrogen) atoms. The van der Waals surface area contributed by atoms with Gasteiger partial charge in [-0.25, -0.2) is 0 Å². The highest BCUT2D eigenvalue weighted by molar-refractivity contribution is 5.98. The van der Waals surface area contributed by atoms with Crippen LogP contribution in [0.4, 0.5) is 0 Å². The van der Waals surface area contributed by atoms with E-state index in [9.17, 15) is 4.79 Å². The molecule has 0 aliphatic heterocycles. The van der Waals surface area contributed by atoms with Crippen molar-refractivity contribution >= 4 is 5.91 Å². The van der Waals surface area contributed by atoms with E-state index in [0.29, 0.717) is 22.8 Å². The molecule has 1 unspecified atom stereocenters. The summed E-state index contributed by atoms with van der Waals surface area (Å²) in [6.07, 6.45) is 1.72. The second-order valence-electron chi connectivity index (χ2n) is 5.15. The molecule has 2 rings (SSSR count). The molecular formula is C17H23N3O4. The van der Waals surface area contributed by atoms with Gasteiger partial charge in [-0.05, 0) is 32.0 Å². The predicted molar refractivity (Wildman–Crippen MR) is 89.9 cm³/mol. The van der Waals surface area contributed by atoms with E-state index in [4.69, 9.17) is 14.2 Å². The highest BCUT2D eigenvalue weighted by atomic mass is 16.5. The number of hydrogen-bond acceptors (Lipinski definition) is 5. The van der Waals surface area contributed by atoms with Crippen molar-refractivity contribution in [1.29, 1.82) is 0 Å². The van der Waals surface area contributed by atoms with Crippen LogP contribution >= 0.6 is 0 Å². The third-order valence-electron chi connectivity index (χ3n) is 3.79. The summed E-state index contributed by atoms with van der Waals surface area (Å²) < 4.78 is 17.8. The van der Waals surface area contributed by atoms with Crippen molar-refractivity contribution < 1.29 is 19.0 Å². The Morgan fingerprint density at radius 1 is 1.17 bits per heavy atom. The van der Waals surface area contributed by atoms with Crippen LogP contribution in [0.25, 0.3) is 0 Å². The molecule has 0 radical (unpaired) electrons. The number of hydrogen-bond donors (Lipinski definition) is 1. The zero-order chi connectivity index (χ0) is 17.7. The first-order valence-corrected chi connectivity index (χ1v) is 7.68. The zero-order valence-corrected chi connectivity index (χ0v) is 14.6. The summed E-state index contributed by atoms with van der Waals surface area (Å²) >= 11 is 0. The predicted octanol–water partition coefficient (Wildman–Crippen LogP) is 2.42. The number of rotatable bonds is 7. The van der Waals surface area contributed by atoms with Crippen LogP contribution in [0, 0.1) is 0 Å². The Bertz CT molecular complexity index is 712. The van der Waals surface area contributed by atoms with Crippen LogP contribution in [-0.2, 0) is 6.54 Å². The number of amides is 1. The Morgan fingerprint density at radius 3 is 2.46 bits per heavy atom. The Kier molecular flexibility index (Phi) is 5.68. The first-order valence-electron chi connectivity index (χ1n) is 7.68. The molecule has 0 fully saturated rings. The molecule has 1 N–H and O–H groups in total. The maximum atomic E-state index is 12.7. The average Bonchev–Trinajstić information content (AvgIpc) is 3.08. The van der Waals surface area contributed by atoms with Gasteiger partial charge < -0.3 is 19.5 Å². The van der Waals surface area contributed by atoms with E-state index in [-0.39, 0.29) is 11.9 Å². The number of aromatic nitrogens is 2. The third kappa shape index (κ3) is 3.29. The van der Waals surface area contributed by atoms with Crippen molar-refractivity contribution in [3.63, 3.8) is 0 Å². The van der Waals surface area contributed by atoms with Crippen LogP contribution in [0.15, 0.2) is 24.4 Å². The van der Waals surface area contributed by atoms with E-state index in [1.807, 2.05) is 24.6 Å². The normalized spacial score (nSPS) is 11.7. The highest BCUT2D eigenvalue weighted by Crippen LogP contribution is 2.39. The Morgan fingerprint density at radius 2 is 1.88 bits per heavy atom. The van der Waals surface area contributed by atoms with Crippen LogP contribution in [-0.4, -0.2) is 37.0 Å². The number of ether oxygens (including phenoxy) is 3. The number of carbonyl (C=O) groups is 1. The first-order chi connectivity index (χ1) is 11.6. The van der Waals surface area contributed by atoms with Crippen LogP contribution in [0.2, 0.25) is 0 Å². The standard InChI is InChI=1S/C17H23N3O4/c1-6-20-13(9-10-18-20)11(2)19-17(21)12-7-8-14(22-3)16(24-5)15(12)23-4/h7-11H,6H2,1-5H3,(H,19,21). The molecule has 0 saturated heterocycles. The summed E-state index contributed by atoms with van der Waals surface area (Å²) in [5, 5.41) is 7.18. The van der Waals surface area contributed by atoms with Crippen molar-refractivity contribution in [2.45, 2.75) is 26.4 Å². The number of nitrogens with one attached hydrogen (secondary N) is 1. The van der Waals surface area contributed by atoms with Gasteiger partial charge in [0.1, 0.15) is 0 Å². The molecule has 1 atom stereocenters. The maximum Gasteiger partial charge on any atom is 0.255 e. The fourth-order valence-electron chi connectivity index (χ4n) is 2.60. The van der Waals surface area contributed by atoms with E-state index < -0.39 is 0 Å². The largest absolute Gasteiger partial charge is 0.493 e. The van der Waals surface area contributed by atoms with Gasteiger partial charge in [0.25, 0.3) is 5.91 Å². The second kappa shape index (κ2) is 7.72. The molecule has 7 nitrogen and oxygen atoms in total. The summed E-state index contributed by atoms with van der Waals surface area (Å²) in [7, 11) is 4.53. The number of benzene rings is 1. The quantitative estimate of drug-likeness (QED) is 0.842. The molecule has 130 valence electrons. The van der Waals surface area contributed by atoms with Gasteiger partial charge in [-0.15, -0.1) is 0 Å². The van der Waals surface area contributed by atoms with Crippen LogP contribution < -0.4 is 19.5 Å². The Labute approximate surface area is 141 Å². The minimum atomic E-state index is -0.260. The summed E-state index contributed by atoms with van der Waals surface area (Å²) in [5.74, 6) is 0.969. The fourth-order valence-corrected chi connectivity index (χ4v) is 2.60. The fraction of sp³-hybridized carbons (Fsp3) is 0.412. The summed E-state index contributed by atoms with van der Waals surface area (Å²) in [6.45, 7) is 4.65. The topological polar surface area (TPSA) is 74.6 Å². The lowest BCUT2D eigenvalue weighted by Gasteiger charge is -2.18. The lowest BCUT2D eigenvalue weighted by atomic mass is 10.1. The molecule has 0 aliphatic rings. The zero-order valence-electron chi connectivity index (χ0n) is 14.6. The van der Waals surface area contributed by atoms with Gasteiger partial charge in [-0.2, -0.15) is 5.10 Å². The minimum absolute atomic E-state index is 0.197. The van der Waals surface area contributed by atoms with E-state index in [2.05, 4.69) is 10.4 Å². The first kappa shape index (κ1) is 17.7. The number of nitrogens with zero attached hydrogens (tertiary/aromatic N) is 2. The molecule has 0 spiro atoms. The minimum Gasteiger partial charge on any atom is -0.493 e. The summed E-state index contributed by atoms with van der Waals surface area (Å²) in [4.78, 5) is 12.7. The maximum absolute atomic E-state index is 12.7. The van der Waals surface area contributed by atoms with Crippen molar-refractivity contribution in [1.82, 2.24) is 15.1 Å². The van der Waals surface area contributed by atoms with Gasteiger partial charge in [0, 0.05) is 12.7 Å². The summed E-state index contributed by atoms with van der Waals surface area (Å²) in [5.41, 5.74) is 1.31. The van der Waals surface area contributed by atoms with Crippen LogP contribution in [0.5, 0.6) is 17.2 Å². The molecule has 1 amide bonds. The summed E-state index contributed by atoms with van der Waals surface area (Å²) in [6, 6.07) is 5.02. The van der Waals surface area contributed by atoms with Crippen molar-refractivity contribution in [2.75, 3.05) is 21.3 Å². The van der Waals surface area contributed by atoms with Gasteiger partial charge in [0.2, 0.25) is 5.75 Å². The van der Waals surface area contributed by atoms with E-state index in [1.165, 1.54) is 21.3 Å².